The monoisotopic (exact) mass is 227 g/mol. The molecule has 82 valence electrons. The summed E-state index contributed by atoms with van der Waals surface area (Å²) < 4.78 is 25.0. The maximum absolute atomic E-state index is 12.0. The number of hydrogen-bond donors (Lipinski definition) is 0. The Hall–Kier alpha value is -0.910. The van der Waals surface area contributed by atoms with Crippen LogP contribution in [0.1, 0.15) is 12.0 Å². The molecule has 0 aromatic heterocycles. The average Bonchev–Trinajstić information content (AvgIpc) is 2.71. The summed E-state index contributed by atoms with van der Waals surface area (Å²) in [5.41, 5.74) is 0.926. The number of nitrogens with zero attached hydrogens (tertiary/aromatic N) is 1. The zero-order valence-electron chi connectivity index (χ0n) is 8.51. The first kappa shape index (κ1) is 10.6. The second kappa shape index (κ2) is 3.92. The zero-order valence-corrected chi connectivity index (χ0v) is 9.33. The lowest BCUT2D eigenvalue weighted by atomic mass is 10.2. The Morgan fingerprint density at radius 1 is 1.40 bits per heavy atom. The minimum Gasteiger partial charge on any atom is -0.284 e. The van der Waals surface area contributed by atoms with Crippen molar-refractivity contribution in [1.29, 1.82) is 0 Å². The highest BCUT2D eigenvalue weighted by Gasteiger charge is 2.28. The highest BCUT2D eigenvalue weighted by Crippen LogP contribution is 2.20. The molecule has 1 fully saturated rings. The first-order valence-corrected chi connectivity index (χ1v) is 6.27. The molecule has 0 aliphatic carbocycles. The standard InChI is InChI=1S/C10H13NO3S/c1-9-4-2-5-10(8-9)15(12,13)11-6-3-7-14-11/h2,4-5,8H,3,6-7H2,1H3. The van der Waals surface area contributed by atoms with Gasteiger partial charge in [-0.1, -0.05) is 16.6 Å². The van der Waals surface area contributed by atoms with Gasteiger partial charge in [0, 0.05) is 6.54 Å². The first-order valence-electron chi connectivity index (χ1n) is 4.83. The Balaban J connectivity index is 2.36. The van der Waals surface area contributed by atoms with Gasteiger partial charge in [0.05, 0.1) is 11.5 Å². The Morgan fingerprint density at radius 3 is 2.80 bits per heavy atom. The van der Waals surface area contributed by atoms with Gasteiger partial charge in [0.15, 0.2) is 0 Å². The first-order chi connectivity index (χ1) is 7.10. The van der Waals surface area contributed by atoms with Gasteiger partial charge in [-0.15, -0.1) is 0 Å². The normalized spacial score (nSPS) is 18.2. The third-order valence-corrected chi connectivity index (χ3v) is 3.95. The maximum Gasteiger partial charge on any atom is 0.265 e. The van der Waals surface area contributed by atoms with Gasteiger partial charge < -0.3 is 0 Å². The van der Waals surface area contributed by atoms with E-state index in [0.29, 0.717) is 18.0 Å². The number of sulfonamides is 1. The Bertz CT molecular complexity index is 449. The lowest BCUT2D eigenvalue weighted by molar-refractivity contribution is -0.0284. The summed E-state index contributed by atoms with van der Waals surface area (Å²) in [6.07, 6.45) is 0.755. The molecule has 0 unspecified atom stereocenters. The molecule has 2 rings (SSSR count). The van der Waals surface area contributed by atoms with Crippen molar-refractivity contribution in [2.24, 2.45) is 0 Å². The lowest BCUT2D eigenvalue weighted by Crippen LogP contribution is -2.26. The fraction of sp³-hybridized carbons (Fsp3) is 0.400. The van der Waals surface area contributed by atoms with Crippen LogP contribution in [0.3, 0.4) is 0 Å². The third-order valence-electron chi connectivity index (χ3n) is 2.28. The molecule has 0 atom stereocenters. The Kier molecular flexibility index (Phi) is 2.77. The number of benzene rings is 1. The van der Waals surface area contributed by atoms with Crippen LogP contribution in [0.5, 0.6) is 0 Å². The van der Waals surface area contributed by atoms with E-state index in [4.69, 9.17) is 4.84 Å². The molecular formula is C10H13NO3S. The summed E-state index contributed by atoms with van der Waals surface area (Å²) in [7, 11) is -3.45. The fourth-order valence-electron chi connectivity index (χ4n) is 1.51. The van der Waals surface area contributed by atoms with Gasteiger partial charge in [0.2, 0.25) is 0 Å². The van der Waals surface area contributed by atoms with Crippen molar-refractivity contribution >= 4 is 10.0 Å². The summed E-state index contributed by atoms with van der Waals surface area (Å²) in [4.78, 5) is 5.35. The number of hydroxylamine groups is 1. The highest BCUT2D eigenvalue weighted by atomic mass is 32.2. The van der Waals surface area contributed by atoms with Gasteiger partial charge in [-0.2, -0.15) is 0 Å². The van der Waals surface area contributed by atoms with E-state index in [-0.39, 0.29) is 0 Å². The Morgan fingerprint density at radius 2 is 2.20 bits per heavy atom. The minimum atomic E-state index is -3.45. The highest BCUT2D eigenvalue weighted by molar-refractivity contribution is 7.89. The summed E-state index contributed by atoms with van der Waals surface area (Å²) in [6, 6.07) is 6.84. The number of hydrogen-bond acceptors (Lipinski definition) is 3. The van der Waals surface area contributed by atoms with Gasteiger partial charge in [-0.3, -0.25) is 4.84 Å². The lowest BCUT2D eigenvalue weighted by Gasteiger charge is -2.14. The van der Waals surface area contributed by atoms with E-state index in [1.165, 1.54) is 0 Å². The van der Waals surface area contributed by atoms with Crippen molar-refractivity contribution in [2.75, 3.05) is 13.2 Å². The van der Waals surface area contributed by atoms with Gasteiger partial charge in [-0.05, 0) is 31.0 Å². The summed E-state index contributed by atoms with van der Waals surface area (Å²) >= 11 is 0. The minimum absolute atomic E-state index is 0.296. The van der Waals surface area contributed by atoms with Crippen molar-refractivity contribution in [2.45, 2.75) is 18.2 Å². The van der Waals surface area contributed by atoms with Crippen LogP contribution in [0.4, 0.5) is 0 Å². The third kappa shape index (κ3) is 2.04. The van der Waals surface area contributed by atoms with E-state index in [1.807, 2.05) is 13.0 Å². The molecule has 0 saturated carbocycles. The molecule has 1 saturated heterocycles. The molecule has 0 bridgehead atoms. The molecule has 0 N–H and O–H groups in total. The molecule has 1 aromatic carbocycles. The molecule has 15 heavy (non-hydrogen) atoms. The zero-order chi connectivity index (χ0) is 10.9. The van der Waals surface area contributed by atoms with Crippen LogP contribution in [-0.4, -0.2) is 26.0 Å². The molecule has 0 radical (unpaired) electrons. The van der Waals surface area contributed by atoms with Crippen molar-refractivity contribution in [1.82, 2.24) is 4.47 Å². The van der Waals surface area contributed by atoms with Crippen molar-refractivity contribution < 1.29 is 13.3 Å². The van der Waals surface area contributed by atoms with E-state index in [2.05, 4.69) is 0 Å². The molecule has 1 aliphatic rings. The molecule has 0 amide bonds. The topological polar surface area (TPSA) is 46.6 Å². The molecule has 4 nitrogen and oxygen atoms in total. The quantitative estimate of drug-likeness (QED) is 0.765. The average molecular weight is 227 g/mol. The van der Waals surface area contributed by atoms with Crippen LogP contribution in [-0.2, 0) is 14.9 Å². The van der Waals surface area contributed by atoms with Crippen LogP contribution in [0.25, 0.3) is 0 Å². The molecule has 1 heterocycles. The Labute approximate surface area is 89.5 Å². The number of aryl methyl sites for hydroxylation is 1. The predicted molar refractivity (Wildman–Crippen MR) is 55.6 cm³/mol. The van der Waals surface area contributed by atoms with Gasteiger partial charge in [-0.25, -0.2) is 8.42 Å². The van der Waals surface area contributed by atoms with Crippen molar-refractivity contribution in [3.8, 4) is 0 Å². The van der Waals surface area contributed by atoms with Crippen LogP contribution < -0.4 is 0 Å². The molecule has 1 aromatic rings. The largest absolute Gasteiger partial charge is 0.284 e. The van der Waals surface area contributed by atoms with E-state index in [9.17, 15) is 8.42 Å². The maximum atomic E-state index is 12.0. The van der Waals surface area contributed by atoms with Crippen LogP contribution >= 0.6 is 0 Å². The molecule has 1 aliphatic heterocycles. The van der Waals surface area contributed by atoms with Crippen molar-refractivity contribution in [3.05, 3.63) is 29.8 Å². The second-order valence-electron chi connectivity index (χ2n) is 3.53. The molecule has 5 heteroatoms. The fourth-order valence-corrected chi connectivity index (χ4v) is 2.91. The summed E-state index contributed by atoms with van der Waals surface area (Å²) in [5, 5.41) is 0. The van der Waals surface area contributed by atoms with Crippen LogP contribution in [0.2, 0.25) is 0 Å². The SMILES string of the molecule is Cc1cccc(S(=O)(=O)N2CCCO2)c1. The van der Waals surface area contributed by atoms with E-state index < -0.39 is 10.0 Å². The summed E-state index contributed by atoms with van der Waals surface area (Å²) in [6.45, 7) is 2.78. The predicted octanol–water partition coefficient (Wildman–Crippen LogP) is 1.32. The summed E-state index contributed by atoms with van der Waals surface area (Å²) in [5.74, 6) is 0. The number of rotatable bonds is 2. The van der Waals surface area contributed by atoms with E-state index >= 15 is 0 Å². The molecule has 0 spiro atoms. The van der Waals surface area contributed by atoms with Gasteiger partial charge >= 0.3 is 0 Å². The van der Waals surface area contributed by atoms with Gasteiger partial charge in [0.25, 0.3) is 10.0 Å². The molecular weight excluding hydrogens is 214 g/mol. The smallest absolute Gasteiger partial charge is 0.265 e. The van der Waals surface area contributed by atoms with Crippen LogP contribution in [0.15, 0.2) is 29.2 Å². The second-order valence-corrected chi connectivity index (χ2v) is 5.36. The van der Waals surface area contributed by atoms with E-state index in [0.717, 1.165) is 16.5 Å². The van der Waals surface area contributed by atoms with Gasteiger partial charge in [0.1, 0.15) is 0 Å². The van der Waals surface area contributed by atoms with Crippen LogP contribution in [0, 0.1) is 6.92 Å². The van der Waals surface area contributed by atoms with E-state index in [1.54, 1.807) is 18.2 Å². The van der Waals surface area contributed by atoms with Crippen molar-refractivity contribution in [3.63, 3.8) is 0 Å².